The number of ether oxygens (including phenoxy) is 1. The average Bonchev–Trinajstić information content (AvgIpc) is 2.13. The Labute approximate surface area is 111 Å². The van der Waals surface area contributed by atoms with Crippen LogP contribution in [-0.4, -0.2) is 63.6 Å². The predicted octanol–water partition coefficient (Wildman–Crippen LogP) is 1.40. The fourth-order valence-corrected chi connectivity index (χ4v) is 2.01. The van der Waals surface area contributed by atoms with Crippen molar-refractivity contribution in [3.05, 3.63) is 0 Å². The molecular weight excluding hydrogens is 254 g/mol. The van der Waals surface area contributed by atoms with E-state index < -0.39 is 10.1 Å². The third-order valence-corrected chi connectivity index (χ3v) is 3.65. The van der Waals surface area contributed by atoms with Crippen LogP contribution in [0.4, 0.5) is 0 Å². The topological polar surface area (TPSA) is 63.6 Å². The van der Waals surface area contributed by atoms with E-state index in [2.05, 4.69) is 13.8 Å². The van der Waals surface area contributed by atoms with Gasteiger partial charge in [-0.2, -0.15) is 8.42 Å². The molecule has 0 fully saturated rings. The normalized spacial score (nSPS) is 13.2. The van der Waals surface area contributed by atoms with Gasteiger partial charge in [0.1, 0.15) is 6.54 Å². The summed E-state index contributed by atoms with van der Waals surface area (Å²) in [7, 11) is 0.249. The Morgan fingerprint density at radius 3 is 2.28 bits per heavy atom. The molecule has 0 spiro atoms. The predicted molar refractivity (Wildman–Crippen MR) is 73.1 cm³/mol. The molecule has 5 nitrogen and oxygen atoms in total. The number of hydrogen-bond donors (Lipinski definition) is 1. The van der Waals surface area contributed by atoms with E-state index in [0.29, 0.717) is 30.0 Å². The van der Waals surface area contributed by atoms with Gasteiger partial charge in [-0.1, -0.05) is 13.8 Å². The van der Waals surface area contributed by atoms with Crippen LogP contribution in [0.25, 0.3) is 0 Å². The Morgan fingerprint density at radius 2 is 1.78 bits per heavy atom. The molecule has 0 atom stereocenters. The molecule has 18 heavy (non-hydrogen) atoms. The maximum atomic E-state index is 10.6. The molecule has 0 bridgehead atoms. The number of likely N-dealkylation sites (N-methyl/N-ethyl adjacent to an activating group) is 1. The first-order chi connectivity index (χ1) is 8.12. The zero-order valence-corrected chi connectivity index (χ0v) is 12.9. The number of hydrogen-bond acceptors (Lipinski definition) is 3. The van der Waals surface area contributed by atoms with E-state index in [9.17, 15) is 8.42 Å². The first kappa shape index (κ1) is 17.8. The van der Waals surface area contributed by atoms with E-state index in [1.807, 2.05) is 14.1 Å². The summed E-state index contributed by atoms with van der Waals surface area (Å²) in [5.74, 6) is 0.491. The minimum absolute atomic E-state index is 0.164. The van der Waals surface area contributed by atoms with Crippen molar-refractivity contribution in [1.82, 2.24) is 0 Å². The quantitative estimate of drug-likeness (QED) is 0.374. The lowest BCUT2D eigenvalue weighted by atomic mass is 10.1. The SMILES string of the molecule is CC(C)CCOCC[N+](C)(C)CCCS(=O)(=O)O. The van der Waals surface area contributed by atoms with Crippen LogP contribution in [0.15, 0.2) is 0 Å². The van der Waals surface area contributed by atoms with Crippen molar-refractivity contribution in [2.45, 2.75) is 26.7 Å². The maximum Gasteiger partial charge on any atom is 0.265 e. The lowest BCUT2D eigenvalue weighted by molar-refractivity contribution is -0.890. The molecule has 0 heterocycles. The van der Waals surface area contributed by atoms with Gasteiger partial charge in [0.05, 0.1) is 33.0 Å². The van der Waals surface area contributed by atoms with Crippen LogP contribution in [0.3, 0.4) is 0 Å². The van der Waals surface area contributed by atoms with Crippen LogP contribution in [0, 0.1) is 5.92 Å². The smallest absolute Gasteiger partial charge is 0.265 e. The lowest BCUT2D eigenvalue weighted by Crippen LogP contribution is -2.43. The van der Waals surface area contributed by atoms with Gasteiger partial charge in [-0.05, 0) is 12.3 Å². The highest BCUT2D eigenvalue weighted by molar-refractivity contribution is 7.85. The summed E-state index contributed by atoms with van der Waals surface area (Å²) in [5, 5.41) is 0. The Hall–Kier alpha value is -0.170. The minimum atomic E-state index is -3.83. The molecule has 0 aromatic carbocycles. The molecule has 0 aromatic heterocycles. The van der Waals surface area contributed by atoms with Crippen molar-refractivity contribution in [1.29, 1.82) is 0 Å². The Balaban J connectivity index is 3.67. The van der Waals surface area contributed by atoms with E-state index in [1.165, 1.54) is 0 Å². The van der Waals surface area contributed by atoms with Crippen molar-refractivity contribution >= 4 is 10.1 Å². The highest BCUT2D eigenvalue weighted by Gasteiger charge is 2.16. The van der Waals surface area contributed by atoms with E-state index in [-0.39, 0.29) is 5.75 Å². The summed E-state index contributed by atoms with van der Waals surface area (Å²) >= 11 is 0. The second-order valence-electron chi connectivity index (χ2n) is 5.82. The van der Waals surface area contributed by atoms with E-state index in [0.717, 1.165) is 19.6 Å². The summed E-state index contributed by atoms with van der Waals surface area (Å²) in [4.78, 5) is 0. The molecule has 0 rings (SSSR count). The number of nitrogens with zero attached hydrogens (tertiary/aromatic N) is 1. The largest absolute Gasteiger partial charge is 0.376 e. The fraction of sp³-hybridized carbons (Fsp3) is 1.00. The van der Waals surface area contributed by atoms with Gasteiger partial charge in [-0.15, -0.1) is 0 Å². The standard InChI is InChI=1S/C12H27NO4S/c1-12(2)6-9-17-10-8-13(3,4)7-5-11-18(14,15)16/h12H,5-11H2,1-4H3/p+1. The van der Waals surface area contributed by atoms with Crippen molar-refractivity contribution in [2.75, 3.05) is 46.2 Å². The summed E-state index contributed by atoms with van der Waals surface area (Å²) in [6, 6.07) is 0. The zero-order chi connectivity index (χ0) is 14.2. The highest BCUT2D eigenvalue weighted by atomic mass is 32.2. The molecule has 0 radical (unpaired) electrons. The van der Waals surface area contributed by atoms with Gasteiger partial charge in [0.2, 0.25) is 0 Å². The first-order valence-electron chi connectivity index (χ1n) is 6.47. The summed E-state index contributed by atoms with van der Waals surface area (Å²) in [5.41, 5.74) is 0. The van der Waals surface area contributed by atoms with Gasteiger partial charge < -0.3 is 9.22 Å². The highest BCUT2D eigenvalue weighted by Crippen LogP contribution is 2.03. The Morgan fingerprint density at radius 1 is 1.17 bits per heavy atom. The van der Waals surface area contributed by atoms with Crippen molar-refractivity contribution in [2.24, 2.45) is 5.92 Å². The van der Waals surface area contributed by atoms with Crippen LogP contribution in [0.5, 0.6) is 0 Å². The third kappa shape index (κ3) is 12.3. The van der Waals surface area contributed by atoms with E-state index in [1.54, 1.807) is 0 Å². The molecule has 0 unspecified atom stereocenters. The van der Waals surface area contributed by atoms with Crippen molar-refractivity contribution in [3.63, 3.8) is 0 Å². The summed E-state index contributed by atoms with van der Waals surface area (Å²) < 4.78 is 36.1. The Kier molecular flexibility index (Phi) is 8.02. The molecule has 1 N–H and O–H groups in total. The molecule has 0 aromatic rings. The molecule has 0 aliphatic carbocycles. The molecule has 0 aliphatic rings. The third-order valence-electron chi connectivity index (χ3n) is 2.85. The number of quaternary nitrogens is 1. The van der Waals surface area contributed by atoms with Gasteiger partial charge in [0, 0.05) is 13.0 Å². The molecular formula is C12H28NO4S+. The van der Waals surface area contributed by atoms with E-state index >= 15 is 0 Å². The zero-order valence-electron chi connectivity index (χ0n) is 12.1. The van der Waals surface area contributed by atoms with Gasteiger partial charge in [0.25, 0.3) is 10.1 Å². The van der Waals surface area contributed by atoms with Gasteiger partial charge in [-0.3, -0.25) is 4.55 Å². The molecule has 0 aliphatic heterocycles. The number of rotatable bonds is 10. The minimum Gasteiger partial charge on any atom is -0.376 e. The molecule has 110 valence electrons. The molecule has 6 heteroatoms. The first-order valence-corrected chi connectivity index (χ1v) is 8.08. The van der Waals surface area contributed by atoms with Crippen LogP contribution in [-0.2, 0) is 14.9 Å². The summed E-state index contributed by atoms with van der Waals surface area (Å²) in [6.07, 6.45) is 1.54. The van der Waals surface area contributed by atoms with Crippen LogP contribution in [0.2, 0.25) is 0 Å². The molecule has 0 amide bonds. The Bertz CT molecular complexity index is 312. The van der Waals surface area contributed by atoms with Crippen molar-refractivity contribution < 1.29 is 22.2 Å². The van der Waals surface area contributed by atoms with Gasteiger partial charge >= 0.3 is 0 Å². The van der Waals surface area contributed by atoms with Crippen LogP contribution in [0.1, 0.15) is 26.7 Å². The second kappa shape index (κ2) is 8.09. The second-order valence-corrected chi connectivity index (χ2v) is 7.39. The summed E-state index contributed by atoms with van der Waals surface area (Å²) in [6.45, 7) is 7.36. The fourth-order valence-electron chi connectivity index (χ4n) is 1.52. The van der Waals surface area contributed by atoms with Crippen molar-refractivity contribution in [3.8, 4) is 0 Å². The van der Waals surface area contributed by atoms with Gasteiger partial charge in [-0.25, -0.2) is 0 Å². The monoisotopic (exact) mass is 282 g/mol. The molecule has 0 saturated carbocycles. The molecule has 0 saturated heterocycles. The van der Waals surface area contributed by atoms with Gasteiger partial charge in [0.15, 0.2) is 0 Å². The lowest BCUT2D eigenvalue weighted by Gasteiger charge is -2.29. The van der Waals surface area contributed by atoms with E-state index in [4.69, 9.17) is 9.29 Å². The maximum absolute atomic E-state index is 10.6. The van der Waals surface area contributed by atoms with Crippen LogP contribution < -0.4 is 0 Å². The average molecular weight is 282 g/mol. The van der Waals surface area contributed by atoms with Crippen LogP contribution >= 0.6 is 0 Å².